The van der Waals surface area contributed by atoms with Crippen molar-refractivity contribution in [3.8, 4) is 11.8 Å². The molecular formula is C22H27FN6O2. The number of hydrogen-bond donors (Lipinski definition) is 2. The molecule has 0 bridgehead atoms. The number of ether oxygens (including phenoxy) is 1. The number of anilines is 1. The van der Waals surface area contributed by atoms with Crippen molar-refractivity contribution in [3.63, 3.8) is 0 Å². The topological polar surface area (TPSA) is 88.3 Å². The van der Waals surface area contributed by atoms with Crippen molar-refractivity contribution < 1.29 is 14.2 Å². The van der Waals surface area contributed by atoms with Gasteiger partial charge in [-0.05, 0) is 49.6 Å². The molecule has 0 spiro atoms. The molecular weight excluding hydrogens is 399 g/mol. The Morgan fingerprint density at radius 1 is 1.19 bits per heavy atom. The molecule has 31 heavy (non-hydrogen) atoms. The molecule has 0 unspecified atom stereocenters. The van der Waals surface area contributed by atoms with Crippen LogP contribution < -0.4 is 15.0 Å². The van der Waals surface area contributed by atoms with Gasteiger partial charge in [-0.3, -0.25) is 0 Å². The number of rotatable bonds is 4. The van der Waals surface area contributed by atoms with Crippen molar-refractivity contribution in [3.05, 3.63) is 35.5 Å². The highest BCUT2D eigenvalue weighted by Gasteiger charge is 2.28. The number of piperidine rings is 1. The van der Waals surface area contributed by atoms with Crippen LogP contribution in [0.3, 0.4) is 0 Å². The maximum atomic E-state index is 14.7. The number of aliphatic hydroxyl groups excluding tert-OH is 1. The van der Waals surface area contributed by atoms with Crippen LogP contribution >= 0.6 is 0 Å². The molecule has 0 amide bonds. The van der Waals surface area contributed by atoms with Crippen LogP contribution in [-0.4, -0.2) is 70.4 Å². The van der Waals surface area contributed by atoms with Crippen LogP contribution in [0, 0.1) is 6.92 Å². The minimum Gasteiger partial charge on any atom is -0.467 e. The number of halogens is 1. The summed E-state index contributed by atoms with van der Waals surface area (Å²) < 4.78 is 21.8. The van der Waals surface area contributed by atoms with Crippen LogP contribution in [0.1, 0.15) is 29.9 Å². The third-order valence-electron chi connectivity index (χ3n) is 6.33. The molecule has 1 aromatic carbocycles. The van der Waals surface area contributed by atoms with E-state index in [2.05, 4.69) is 26.4 Å². The normalized spacial score (nSPS) is 24.1. The molecule has 164 valence electrons. The summed E-state index contributed by atoms with van der Waals surface area (Å²) in [5, 5.41) is 18.6. The van der Waals surface area contributed by atoms with Gasteiger partial charge >= 0.3 is 6.01 Å². The minimum absolute atomic E-state index is 0.129. The van der Waals surface area contributed by atoms with Gasteiger partial charge in [-0.25, -0.2) is 9.07 Å². The van der Waals surface area contributed by atoms with Crippen molar-refractivity contribution in [2.45, 2.75) is 38.0 Å². The molecule has 0 saturated carbocycles. The Morgan fingerprint density at radius 3 is 2.77 bits per heavy atom. The number of methoxy groups -OCH3 is 1. The Balaban J connectivity index is 1.59. The molecule has 0 radical (unpaired) electrons. The maximum absolute atomic E-state index is 14.7. The van der Waals surface area contributed by atoms with Gasteiger partial charge in [-0.1, -0.05) is 0 Å². The summed E-state index contributed by atoms with van der Waals surface area (Å²) in [5.74, 6) is 1.14. The largest absolute Gasteiger partial charge is 0.467 e. The van der Waals surface area contributed by atoms with E-state index in [1.807, 2.05) is 24.0 Å². The lowest BCUT2D eigenvalue weighted by atomic mass is 9.85. The van der Waals surface area contributed by atoms with Crippen LogP contribution in [0.25, 0.3) is 16.7 Å². The first-order valence-corrected chi connectivity index (χ1v) is 10.7. The number of nitrogens with zero attached hydrogens (tertiary/aromatic N) is 5. The van der Waals surface area contributed by atoms with Gasteiger partial charge < -0.3 is 20.1 Å². The van der Waals surface area contributed by atoms with Gasteiger partial charge in [-0.15, -0.1) is 0 Å². The minimum atomic E-state index is -0.909. The number of benzene rings is 1. The molecule has 2 saturated heterocycles. The second-order valence-electron chi connectivity index (χ2n) is 8.40. The molecule has 3 atom stereocenters. The van der Waals surface area contributed by atoms with Crippen LogP contribution in [0.5, 0.6) is 6.01 Å². The quantitative estimate of drug-likeness (QED) is 0.661. The van der Waals surface area contributed by atoms with Crippen LogP contribution in [0.2, 0.25) is 0 Å². The zero-order valence-electron chi connectivity index (χ0n) is 17.8. The fourth-order valence-electron chi connectivity index (χ4n) is 4.67. The molecule has 2 aliphatic rings. The molecule has 2 N–H and O–H groups in total. The fourth-order valence-corrected chi connectivity index (χ4v) is 4.67. The zero-order valence-corrected chi connectivity index (χ0v) is 17.8. The third-order valence-corrected chi connectivity index (χ3v) is 6.33. The maximum Gasteiger partial charge on any atom is 0.320 e. The zero-order chi connectivity index (χ0) is 21.5. The number of aromatic nitrogens is 4. The first-order chi connectivity index (χ1) is 15.0. The first-order valence-electron chi connectivity index (χ1n) is 10.7. The molecule has 5 rings (SSSR count). The lowest BCUT2D eigenvalue weighted by Crippen LogP contribution is -2.36. The summed E-state index contributed by atoms with van der Waals surface area (Å²) in [6.45, 7) is 4.48. The highest BCUT2D eigenvalue weighted by molar-refractivity contribution is 5.82. The summed E-state index contributed by atoms with van der Waals surface area (Å²) in [4.78, 5) is 11.0. The Morgan fingerprint density at radius 2 is 2.03 bits per heavy atom. The van der Waals surface area contributed by atoms with E-state index in [0.29, 0.717) is 31.1 Å². The van der Waals surface area contributed by atoms with E-state index in [1.165, 1.54) is 7.11 Å². The molecule has 2 aliphatic heterocycles. The summed E-state index contributed by atoms with van der Waals surface area (Å²) >= 11 is 0. The third kappa shape index (κ3) is 3.72. The lowest BCUT2D eigenvalue weighted by Gasteiger charge is -2.28. The van der Waals surface area contributed by atoms with Crippen molar-refractivity contribution in [1.82, 2.24) is 25.1 Å². The second kappa shape index (κ2) is 8.05. The number of aryl methyl sites for hydroxylation is 1. The van der Waals surface area contributed by atoms with Crippen LogP contribution in [0.4, 0.5) is 10.2 Å². The Labute approximate surface area is 180 Å². The second-order valence-corrected chi connectivity index (χ2v) is 8.40. The number of alkyl halides is 1. The Kier molecular flexibility index (Phi) is 5.23. The lowest BCUT2D eigenvalue weighted by molar-refractivity contribution is 0.198. The van der Waals surface area contributed by atoms with Gasteiger partial charge in [0.2, 0.25) is 0 Å². The average molecular weight is 426 g/mol. The van der Waals surface area contributed by atoms with Gasteiger partial charge in [0.05, 0.1) is 24.9 Å². The van der Waals surface area contributed by atoms with Gasteiger partial charge in [-0.2, -0.15) is 15.1 Å². The standard InChI is InChI=1S/C22H27FN6O2/c1-13-7-14-10-25-29(19(14)8-17(13)16-3-5-24-11-18(16)23)21-9-20(26-22(27-21)31-2)28-6-4-15(30)12-28/h7-10,15-16,18,24,30H,3-6,11-12H2,1-2H3/t15-,16-,18-/m1/s1. The number of nitrogens with one attached hydrogen (secondary N) is 1. The van der Waals surface area contributed by atoms with Crippen molar-refractivity contribution in [2.24, 2.45) is 0 Å². The number of aliphatic hydroxyl groups is 1. The van der Waals surface area contributed by atoms with Crippen molar-refractivity contribution in [1.29, 1.82) is 0 Å². The van der Waals surface area contributed by atoms with Gasteiger partial charge in [0.15, 0.2) is 5.82 Å². The predicted octanol–water partition coefficient (Wildman–Crippen LogP) is 2.12. The van der Waals surface area contributed by atoms with Crippen molar-refractivity contribution in [2.75, 3.05) is 38.2 Å². The highest BCUT2D eigenvalue weighted by Crippen LogP contribution is 2.33. The molecule has 0 aliphatic carbocycles. The fraction of sp³-hybridized carbons (Fsp3) is 0.500. The van der Waals surface area contributed by atoms with Crippen LogP contribution in [-0.2, 0) is 0 Å². The van der Waals surface area contributed by atoms with E-state index in [-0.39, 0.29) is 18.0 Å². The SMILES string of the molecule is COc1nc(N2CC[C@@H](O)C2)cc(-n2ncc3cc(C)c([C@H]4CCNC[C@H]4F)cc32)n1. The first kappa shape index (κ1) is 20.1. The summed E-state index contributed by atoms with van der Waals surface area (Å²) in [6.07, 6.45) is 2.00. The van der Waals surface area contributed by atoms with E-state index >= 15 is 0 Å². The van der Waals surface area contributed by atoms with E-state index < -0.39 is 6.17 Å². The molecule has 2 fully saturated rings. The highest BCUT2D eigenvalue weighted by atomic mass is 19.1. The summed E-state index contributed by atoms with van der Waals surface area (Å²) in [7, 11) is 1.53. The van der Waals surface area contributed by atoms with Gasteiger partial charge in [0.25, 0.3) is 0 Å². The van der Waals surface area contributed by atoms with E-state index in [1.54, 1.807) is 10.9 Å². The number of hydrogen-bond acceptors (Lipinski definition) is 7. The Hall–Kier alpha value is -2.78. The van der Waals surface area contributed by atoms with Gasteiger partial charge in [0, 0.05) is 37.0 Å². The molecule has 2 aromatic heterocycles. The summed E-state index contributed by atoms with van der Waals surface area (Å²) in [6, 6.07) is 6.22. The van der Waals surface area contributed by atoms with E-state index in [9.17, 15) is 9.50 Å². The predicted molar refractivity (Wildman–Crippen MR) is 116 cm³/mol. The smallest absolute Gasteiger partial charge is 0.320 e. The molecule has 8 nitrogen and oxygen atoms in total. The molecule has 4 heterocycles. The average Bonchev–Trinajstić information content (AvgIpc) is 3.39. The number of β-amino-alcohol motifs (C(OH)–C–C–N with tert-alkyl or cyclic N) is 1. The molecule has 3 aromatic rings. The van der Waals surface area contributed by atoms with Gasteiger partial charge in [0.1, 0.15) is 12.0 Å². The van der Waals surface area contributed by atoms with E-state index in [4.69, 9.17) is 4.74 Å². The number of fused-ring (bicyclic) bond motifs is 1. The van der Waals surface area contributed by atoms with Crippen molar-refractivity contribution >= 4 is 16.7 Å². The van der Waals surface area contributed by atoms with E-state index in [0.717, 1.165) is 41.5 Å². The summed E-state index contributed by atoms with van der Waals surface area (Å²) in [5.41, 5.74) is 2.97. The monoisotopic (exact) mass is 426 g/mol. The Bertz CT molecular complexity index is 1100. The molecule has 9 heteroatoms. The van der Waals surface area contributed by atoms with Crippen LogP contribution in [0.15, 0.2) is 24.4 Å².